The number of carbonyl (C=O) groups is 1. The Morgan fingerprint density at radius 3 is 2.88 bits per heavy atom. The third-order valence-corrected chi connectivity index (χ3v) is 5.06. The predicted molar refractivity (Wildman–Crippen MR) is 91.4 cm³/mol. The van der Waals surface area contributed by atoms with Gasteiger partial charge >= 0.3 is 0 Å². The number of sulfonamides is 1. The summed E-state index contributed by atoms with van der Waals surface area (Å²) < 4.78 is 32.3. The number of nitrogens with one attached hydrogen (secondary N) is 1. The topological polar surface area (TPSA) is 97.4 Å². The van der Waals surface area contributed by atoms with Crippen molar-refractivity contribution in [1.29, 1.82) is 0 Å². The van der Waals surface area contributed by atoms with Crippen molar-refractivity contribution in [2.75, 3.05) is 19.3 Å². The van der Waals surface area contributed by atoms with Crippen LogP contribution in [0.5, 0.6) is 0 Å². The first-order valence-corrected chi connectivity index (χ1v) is 10.0. The molecular formula is C16H22N4O4S. The quantitative estimate of drug-likeness (QED) is 0.851. The first kappa shape index (κ1) is 17.7. The number of hydrogen-bond donors (Lipinski definition) is 1. The van der Waals surface area contributed by atoms with Gasteiger partial charge in [-0.25, -0.2) is 13.1 Å². The fraction of sp³-hybridized carbons (Fsp3) is 0.500. The first-order valence-electron chi connectivity index (χ1n) is 8.12. The molecule has 8 nitrogen and oxygen atoms in total. The van der Waals surface area contributed by atoms with Crippen LogP contribution in [0.25, 0.3) is 0 Å². The van der Waals surface area contributed by atoms with E-state index in [1.54, 1.807) is 17.2 Å². The van der Waals surface area contributed by atoms with E-state index in [0.29, 0.717) is 38.4 Å². The summed E-state index contributed by atoms with van der Waals surface area (Å²) in [5.41, 5.74) is 1.76. The maximum Gasteiger partial charge on any atom is 0.290 e. The lowest BCUT2D eigenvalue weighted by molar-refractivity contribution is 0.0685. The van der Waals surface area contributed by atoms with Gasteiger partial charge in [0.25, 0.3) is 5.91 Å². The van der Waals surface area contributed by atoms with E-state index >= 15 is 0 Å². The Morgan fingerprint density at radius 2 is 2.20 bits per heavy atom. The summed E-state index contributed by atoms with van der Waals surface area (Å²) in [5.74, 6) is 0.286. The largest absolute Gasteiger partial charge is 0.459 e. The molecule has 1 aliphatic heterocycles. The monoisotopic (exact) mass is 366 g/mol. The van der Waals surface area contributed by atoms with Gasteiger partial charge in [0.2, 0.25) is 10.0 Å². The normalized spacial score (nSPS) is 18.0. The Morgan fingerprint density at radius 1 is 1.40 bits per heavy atom. The van der Waals surface area contributed by atoms with E-state index in [-0.39, 0.29) is 11.8 Å². The molecule has 0 aliphatic carbocycles. The molecule has 0 saturated heterocycles. The molecule has 0 aromatic carbocycles. The number of aromatic nitrogens is 2. The molecule has 136 valence electrons. The number of amides is 1. The van der Waals surface area contributed by atoms with Crippen LogP contribution in [0.4, 0.5) is 0 Å². The first-order chi connectivity index (χ1) is 11.8. The van der Waals surface area contributed by atoms with Crippen LogP contribution in [0.1, 0.15) is 28.2 Å². The fourth-order valence-corrected chi connectivity index (χ4v) is 3.54. The summed E-state index contributed by atoms with van der Waals surface area (Å²) in [6, 6.07) is 3.66. The van der Waals surface area contributed by atoms with E-state index < -0.39 is 10.0 Å². The van der Waals surface area contributed by atoms with Crippen LogP contribution >= 0.6 is 0 Å². The van der Waals surface area contributed by atoms with Crippen molar-refractivity contribution in [3.8, 4) is 0 Å². The number of fused-ring (bicyclic) bond motifs is 1. The summed E-state index contributed by atoms with van der Waals surface area (Å²) in [4.78, 5) is 14.6. The minimum Gasteiger partial charge on any atom is -0.459 e. The highest BCUT2D eigenvalue weighted by molar-refractivity contribution is 7.88. The maximum absolute atomic E-state index is 12.8. The molecule has 1 aliphatic rings. The fourth-order valence-electron chi connectivity index (χ4n) is 3.05. The van der Waals surface area contributed by atoms with Gasteiger partial charge in [0.1, 0.15) is 0 Å². The molecule has 0 unspecified atom stereocenters. The standard InChI is InChI=1S/C16H22N4O4S/c1-12-5-8-24-15(12)16(21)19-9-13(3-7-18-25(2,22)23)10-20-14(11-19)4-6-17-20/h4-6,8,13,18H,3,7,9-11H2,1-2H3/t13-/m1/s1. The predicted octanol–water partition coefficient (Wildman–Crippen LogP) is 0.996. The highest BCUT2D eigenvalue weighted by Gasteiger charge is 2.28. The summed E-state index contributed by atoms with van der Waals surface area (Å²) in [6.07, 6.45) is 4.99. The van der Waals surface area contributed by atoms with Gasteiger partial charge in [-0.3, -0.25) is 9.48 Å². The molecule has 0 bridgehead atoms. The van der Waals surface area contributed by atoms with E-state index in [1.165, 1.54) is 6.26 Å². The third kappa shape index (κ3) is 4.29. The summed E-state index contributed by atoms with van der Waals surface area (Å²) in [7, 11) is -3.22. The highest BCUT2D eigenvalue weighted by atomic mass is 32.2. The van der Waals surface area contributed by atoms with Crippen molar-refractivity contribution in [2.24, 2.45) is 5.92 Å². The lowest BCUT2D eigenvalue weighted by atomic mass is 10.1. The van der Waals surface area contributed by atoms with Gasteiger partial charge < -0.3 is 9.32 Å². The molecule has 1 amide bonds. The Balaban J connectivity index is 1.77. The molecule has 3 heterocycles. The van der Waals surface area contributed by atoms with Gasteiger partial charge in [-0.15, -0.1) is 0 Å². The van der Waals surface area contributed by atoms with Crippen molar-refractivity contribution in [3.63, 3.8) is 0 Å². The van der Waals surface area contributed by atoms with Crippen molar-refractivity contribution >= 4 is 15.9 Å². The zero-order valence-electron chi connectivity index (χ0n) is 14.3. The number of carbonyl (C=O) groups excluding carboxylic acids is 1. The molecule has 0 saturated carbocycles. The molecule has 3 rings (SSSR count). The smallest absolute Gasteiger partial charge is 0.290 e. The second kappa shape index (κ2) is 7.01. The van der Waals surface area contributed by atoms with Crippen molar-refractivity contribution in [2.45, 2.75) is 26.4 Å². The summed E-state index contributed by atoms with van der Waals surface area (Å²) >= 11 is 0. The van der Waals surface area contributed by atoms with Crippen molar-refractivity contribution in [1.82, 2.24) is 19.4 Å². The number of hydrogen-bond acceptors (Lipinski definition) is 5. The van der Waals surface area contributed by atoms with Crippen LogP contribution in [0.3, 0.4) is 0 Å². The number of nitrogens with zero attached hydrogens (tertiary/aromatic N) is 3. The Kier molecular flexibility index (Phi) is 4.96. The van der Waals surface area contributed by atoms with Crippen LogP contribution in [0, 0.1) is 12.8 Å². The lowest BCUT2D eigenvalue weighted by Gasteiger charge is -2.23. The minimum atomic E-state index is -3.22. The molecule has 25 heavy (non-hydrogen) atoms. The van der Waals surface area contributed by atoms with Crippen molar-refractivity contribution < 1.29 is 17.6 Å². The SMILES string of the molecule is Cc1ccoc1C(=O)N1Cc2ccnn2C[C@H](CCNS(C)(=O)=O)C1. The zero-order valence-corrected chi connectivity index (χ0v) is 15.1. The lowest BCUT2D eigenvalue weighted by Crippen LogP contribution is -2.35. The van der Waals surface area contributed by atoms with Crippen LogP contribution < -0.4 is 4.72 Å². The molecule has 2 aromatic heterocycles. The number of aryl methyl sites for hydroxylation is 1. The molecule has 9 heteroatoms. The van der Waals surface area contributed by atoms with Gasteiger partial charge in [0.15, 0.2) is 5.76 Å². The van der Waals surface area contributed by atoms with E-state index in [0.717, 1.165) is 17.5 Å². The molecule has 0 spiro atoms. The Hall–Kier alpha value is -2.13. The van der Waals surface area contributed by atoms with Gasteiger partial charge in [-0.05, 0) is 31.4 Å². The molecular weight excluding hydrogens is 344 g/mol. The average molecular weight is 366 g/mol. The Labute approximate surface area is 146 Å². The highest BCUT2D eigenvalue weighted by Crippen LogP contribution is 2.21. The van der Waals surface area contributed by atoms with Gasteiger partial charge in [0.05, 0.1) is 24.8 Å². The van der Waals surface area contributed by atoms with Crippen LogP contribution in [-0.2, 0) is 23.1 Å². The molecule has 1 atom stereocenters. The van der Waals surface area contributed by atoms with E-state index in [4.69, 9.17) is 4.42 Å². The summed E-state index contributed by atoms with van der Waals surface area (Å²) in [6.45, 7) is 3.80. The Bertz CT molecular complexity index is 855. The number of furan rings is 1. The van der Waals surface area contributed by atoms with E-state index in [9.17, 15) is 13.2 Å². The third-order valence-electron chi connectivity index (χ3n) is 4.33. The van der Waals surface area contributed by atoms with Crippen LogP contribution in [0.2, 0.25) is 0 Å². The van der Waals surface area contributed by atoms with E-state index in [1.807, 2.05) is 17.7 Å². The molecule has 1 N–H and O–H groups in total. The second-order valence-electron chi connectivity index (χ2n) is 6.44. The molecule has 2 aromatic rings. The van der Waals surface area contributed by atoms with Crippen LogP contribution in [-0.4, -0.2) is 48.4 Å². The molecule has 0 radical (unpaired) electrons. The van der Waals surface area contributed by atoms with E-state index in [2.05, 4.69) is 9.82 Å². The average Bonchev–Trinajstić information content (AvgIpc) is 3.10. The van der Waals surface area contributed by atoms with Gasteiger partial charge in [-0.1, -0.05) is 0 Å². The van der Waals surface area contributed by atoms with Gasteiger partial charge in [-0.2, -0.15) is 5.10 Å². The summed E-state index contributed by atoms with van der Waals surface area (Å²) in [5, 5.41) is 4.31. The van der Waals surface area contributed by atoms with Crippen molar-refractivity contribution in [3.05, 3.63) is 41.6 Å². The minimum absolute atomic E-state index is 0.0922. The van der Waals surface area contributed by atoms with Gasteiger partial charge in [0, 0.05) is 31.4 Å². The zero-order chi connectivity index (χ0) is 18.0. The maximum atomic E-state index is 12.8. The number of rotatable bonds is 5. The molecule has 0 fully saturated rings. The second-order valence-corrected chi connectivity index (χ2v) is 8.28. The van der Waals surface area contributed by atoms with Crippen LogP contribution in [0.15, 0.2) is 29.0 Å².